The lowest BCUT2D eigenvalue weighted by Crippen LogP contribution is -2.45. The van der Waals surface area contributed by atoms with Crippen LogP contribution in [-0.2, 0) is 6.54 Å². The summed E-state index contributed by atoms with van der Waals surface area (Å²) in [5.74, 6) is 0.426. The van der Waals surface area contributed by atoms with Crippen LogP contribution in [0.1, 0.15) is 29.3 Å². The number of carbonyl (C=O) groups excluding carboxylic acids is 1. The monoisotopic (exact) mass is 442 g/mol. The third-order valence-corrected chi connectivity index (χ3v) is 4.81. The van der Waals surface area contributed by atoms with Crippen LogP contribution in [0.3, 0.4) is 0 Å². The number of likely N-dealkylation sites (N-methyl/N-ethyl adjacent to an activating group) is 1. The van der Waals surface area contributed by atoms with Crippen LogP contribution in [0, 0.1) is 0 Å². The number of hydrogen-bond donors (Lipinski definition) is 3. The van der Waals surface area contributed by atoms with E-state index in [1.165, 1.54) is 4.90 Å². The average Bonchev–Trinajstić information content (AvgIpc) is 3.11. The third kappa shape index (κ3) is 9.56. The van der Waals surface area contributed by atoms with Crippen molar-refractivity contribution in [1.82, 2.24) is 25.8 Å². The lowest BCUT2D eigenvalue weighted by molar-refractivity contribution is -0.143. The normalized spacial score (nSPS) is 17.8. The van der Waals surface area contributed by atoms with Crippen molar-refractivity contribution in [2.45, 2.75) is 32.1 Å². The smallest absolute Gasteiger partial charge is 0.357 e. The fourth-order valence-corrected chi connectivity index (χ4v) is 3.34. The Morgan fingerprint density at radius 3 is 2.74 bits per heavy atom. The molecule has 7 nitrogen and oxygen atoms in total. The number of rotatable bonds is 9. The lowest BCUT2D eigenvalue weighted by atomic mass is 10.1. The molecule has 0 spiro atoms. The maximum atomic E-state index is 12.6. The summed E-state index contributed by atoms with van der Waals surface area (Å²) in [6.45, 7) is 4.09. The van der Waals surface area contributed by atoms with Gasteiger partial charge in [0.1, 0.15) is 0 Å². The van der Waals surface area contributed by atoms with Crippen LogP contribution >= 0.6 is 0 Å². The van der Waals surface area contributed by atoms with Gasteiger partial charge in [-0.1, -0.05) is 12.1 Å². The molecule has 0 saturated carbocycles. The Labute approximate surface area is 182 Å². The number of nitrogens with one attached hydrogen (secondary N) is 3. The zero-order valence-corrected chi connectivity index (χ0v) is 18.4. The molecule has 31 heavy (non-hydrogen) atoms. The van der Waals surface area contributed by atoms with Crippen molar-refractivity contribution in [3.63, 3.8) is 0 Å². The number of likely N-dealkylation sites (tertiary alicyclic amines) is 1. The van der Waals surface area contributed by atoms with E-state index >= 15 is 0 Å². The first-order chi connectivity index (χ1) is 14.7. The molecule has 2 rings (SSSR count). The van der Waals surface area contributed by atoms with Crippen LogP contribution in [0.2, 0.25) is 0 Å². The molecule has 0 aliphatic carbocycles. The number of amides is 1. The van der Waals surface area contributed by atoms with Gasteiger partial charge in [0.05, 0.1) is 13.1 Å². The number of halogens is 3. The second-order valence-electron chi connectivity index (χ2n) is 7.93. The predicted octanol–water partition coefficient (Wildman–Crippen LogP) is 1.67. The Bertz CT molecular complexity index is 738. The number of hydrogen-bond acceptors (Lipinski definition) is 4. The second-order valence-corrected chi connectivity index (χ2v) is 7.93. The van der Waals surface area contributed by atoms with Crippen LogP contribution in [0.5, 0.6) is 0 Å². The number of nitrogens with zero attached hydrogens (tertiary/aromatic N) is 3. The highest BCUT2D eigenvalue weighted by molar-refractivity contribution is 5.94. The van der Waals surface area contributed by atoms with Crippen molar-refractivity contribution in [3.8, 4) is 0 Å². The number of guanidine groups is 1. The molecule has 174 valence electrons. The summed E-state index contributed by atoms with van der Waals surface area (Å²) in [6.07, 6.45) is -3.56. The fraction of sp³-hybridized carbons (Fsp3) is 0.619. The topological polar surface area (TPSA) is 72.0 Å². The number of aliphatic imine (C=N–C) groups is 1. The van der Waals surface area contributed by atoms with Crippen LogP contribution < -0.4 is 16.0 Å². The molecule has 1 fully saturated rings. The molecule has 1 aliphatic heterocycles. The van der Waals surface area contributed by atoms with Crippen molar-refractivity contribution in [2.24, 2.45) is 4.99 Å². The Morgan fingerprint density at radius 1 is 1.29 bits per heavy atom. The molecule has 1 aromatic rings. The molecule has 0 aromatic heterocycles. The summed E-state index contributed by atoms with van der Waals surface area (Å²) in [5, 5.41) is 9.24. The Morgan fingerprint density at radius 2 is 2.06 bits per heavy atom. The van der Waals surface area contributed by atoms with E-state index in [1.807, 2.05) is 38.1 Å². The molecule has 1 saturated heterocycles. The molecule has 10 heteroatoms. The van der Waals surface area contributed by atoms with Crippen molar-refractivity contribution in [3.05, 3.63) is 35.4 Å². The van der Waals surface area contributed by atoms with Gasteiger partial charge < -0.3 is 20.9 Å². The molecule has 1 aromatic carbocycles. The van der Waals surface area contributed by atoms with E-state index in [0.717, 1.165) is 12.1 Å². The van der Waals surface area contributed by atoms with Crippen molar-refractivity contribution in [1.29, 1.82) is 0 Å². The standard InChI is InChI=1S/C21H33F3N6O/c1-4-25-20(28-18-8-10-30(14-18)15-21(22,23)24)27-13-16-6-5-7-17(12-16)19(31)26-9-11-29(2)3/h5-7,12,18H,4,8-11,13-15H2,1-3H3,(H,26,31)(H2,25,27,28). The Hall–Kier alpha value is -2.33. The quantitative estimate of drug-likeness (QED) is 0.401. The van der Waals surface area contributed by atoms with Crippen molar-refractivity contribution in [2.75, 3.05) is 53.4 Å². The minimum atomic E-state index is -4.18. The van der Waals surface area contributed by atoms with E-state index in [9.17, 15) is 18.0 Å². The molecule has 1 unspecified atom stereocenters. The van der Waals surface area contributed by atoms with Crippen LogP contribution in [0.4, 0.5) is 13.2 Å². The second kappa shape index (κ2) is 11.9. The summed E-state index contributed by atoms with van der Waals surface area (Å²) in [5.41, 5.74) is 1.45. The van der Waals surface area contributed by atoms with Gasteiger partial charge in [0.25, 0.3) is 5.91 Å². The van der Waals surface area contributed by atoms with Gasteiger partial charge in [0.15, 0.2) is 5.96 Å². The average molecular weight is 443 g/mol. The molecule has 1 amide bonds. The molecular weight excluding hydrogens is 409 g/mol. The SMILES string of the molecule is CCNC(=NCc1cccc(C(=O)NCCN(C)C)c1)NC1CCN(CC(F)(F)F)C1. The summed E-state index contributed by atoms with van der Waals surface area (Å²) in [7, 11) is 3.89. The largest absolute Gasteiger partial charge is 0.401 e. The minimum Gasteiger partial charge on any atom is -0.357 e. The van der Waals surface area contributed by atoms with E-state index < -0.39 is 12.7 Å². The minimum absolute atomic E-state index is 0.0889. The third-order valence-electron chi connectivity index (χ3n) is 4.81. The predicted molar refractivity (Wildman–Crippen MR) is 116 cm³/mol. The zero-order valence-electron chi connectivity index (χ0n) is 18.4. The summed E-state index contributed by atoms with van der Waals surface area (Å²) in [6, 6.07) is 7.19. The first-order valence-corrected chi connectivity index (χ1v) is 10.5. The van der Waals surface area contributed by atoms with E-state index in [-0.39, 0.29) is 11.9 Å². The molecule has 3 N–H and O–H groups in total. The highest BCUT2D eigenvalue weighted by Gasteiger charge is 2.34. The fourth-order valence-electron chi connectivity index (χ4n) is 3.34. The maximum absolute atomic E-state index is 12.6. The van der Waals surface area contributed by atoms with Gasteiger partial charge in [0, 0.05) is 44.3 Å². The maximum Gasteiger partial charge on any atom is 0.401 e. The van der Waals surface area contributed by atoms with Crippen molar-refractivity contribution < 1.29 is 18.0 Å². The first kappa shape index (κ1) is 24.9. The number of carbonyl (C=O) groups is 1. The summed E-state index contributed by atoms with van der Waals surface area (Å²) < 4.78 is 37.8. The van der Waals surface area contributed by atoms with Crippen LogP contribution in [0.15, 0.2) is 29.3 Å². The van der Waals surface area contributed by atoms with Gasteiger partial charge in [-0.05, 0) is 45.1 Å². The molecule has 1 heterocycles. The number of alkyl halides is 3. The Kier molecular flexibility index (Phi) is 9.57. The van der Waals surface area contributed by atoms with Gasteiger partial charge in [-0.3, -0.25) is 9.69 Å². The van der Waals surface area contributed by atoms with Gasteiger partial charge in [-0.25, -0.2) is 4.99 Å². The van der Waals surface area contributed by atoms with Crippen LogP contribution in [-0.4, -0.2) is 87.2 Å². The molecule has 1 aliphatic rings. The van der Waals surface area contributed by atoms with E-state index in [4.69, 9.17) is 0 Å². The van der Waals surface area contributed by atoms with Gasteiger partial charge >= 0.3 is 6.18 Å². The van der Waals surface area contributed by atoms with E-state index in [2.05, 4.69) is 20.9 Å². The molecule has 0 radical (unpaired) electrons. The van der Waals surface area contributed by atoms with Gasteiger partial charge in [-0.15, -0.1) is 0 Å². The van der Waals surface area contributed by atoms with Crippen molar-refractivity contribution >= 4 is 11.9 Å². The van der Waals surface area contributed by atoms with Gasteiger partial charge in [0.2, 0.25) is 0 Å². The molecule has 1 atom stereocenters. The summed E-state index contributed by atoms with van der Waals surface area (Å²) in [4.78, 5) is 20.2. The highest BCUT2D eigenvalue weighted by atomic mass is 19.4. The first-order valence-electron chi connectivity index (χ1n) is 10.5. The zero-order chi connectivity index (χ0) is 22.9. The Balaban J connectivity index is 1.92. The highest BCUT2D eigenvalue weighted by Crippen LogP contribution is 2.20. The lowest BCUT2D eigenvalue weighted by Gasteiger charge is -2.19. The summed E-state index contributed by atoms with van der Waals surface area (Å²) >= 11 is 0. The van der Waals surface area contributed by atoms with E-state index in [1.54, 1.807) is 12.1 Å². The van der Waals surface area contributed by atoms with Gasteiger partial charge in [-0.2, -0.15) is 13.2 Å². The molecule has 0 bridgehead atoms. The number of benzene rings is 1. The molecular formula is C21H33F3N6O. The van der Waals surface area contributed by atoms with Crippen LogP contribution in [0.25, 0.3) is 0 Å². The van der Waals surface area contributed by atoms with E-state index in [0.29, 0.717) is 50.7 Å².